The van der Waals surface area contributed by atoms with Crippen molar-refractivity contribution >= 4 is 60.8 Å². The van der Waals surface area contributed by atoms with Crippen molar-refractivity contribution in [2.24, 2.45) is 0 Å². The van der Waals surface area contributed by atoms with E-state index in [9.17, 15) is 14.3 Å². The van der Waals surface area contributed by atoms with Crippen molar-refractivity contribution in [2.45, 2.75) is 32.6 Å². The number of aromatic nitrogens is 4. The van der Waals surface area contributed by atoms with E-state index < -0.39 is 11.8 Å². The Morgan fingerprint density at radius 2 is 2.02 bits per heavy atom. The van der Waals surface area contributed by atoms with Crippen molar-refractivity contribution in [1.82, 2.24) is 25.1 Å². The van der Waals surface area contributed by atoms with E-state index in [1.54, 1.807) is 23.5 Å². The summed E-state index contributed by atoms with van der Waals surface area (Å²) < 4.78 is 21.3. The van der Waals surface area contributed by atoms with Crippen molar-refractivity contribution in [3.63, 3.8) is 0 Å². The number of benzene rings is 2. The topological polar surface area (TPSA) is 117 Å². The number of hydrogen-bond acceptors (Lipinski definition) is 11. The van der Waals surface area contributed by atoms with Gasteiger partial charge in [-0.1, -0.05) is 35.3 Å². The number of carboxylic acids is 1. The Kier molecular flexibility index (Phi) is 9.39. The summed E-state index contributed by atoms with van der Waals surface area (Å²) in [6.07, 6.45) is 2.59. The highest BCUT2D eigenvalue weighted by molar-refractivity contribution is 7.22. The van der Waals surface area contributed by atoms with Gasteiger partial charge in [-0.25, -0.2) is 19.2 Å². The number of carbonyl (C=O) groups is 1. The summed E-state index contributed by atoms with van der Waals surface area (Å²) >= 11 is 2.88. The van der Waals surface area contributed by atoms with Crippen LogP contribution in [0.2, 0.25) is 0 Å². The second-order valence-corrected chi connectivity index (χ2v) is 13.1. The first-order chi connectivity index (χ1) is 22.3. The summed E-state index contributed by atoms with van der Waals surface area (Å²) in [7, 11) is 3.84. The van der Waals surface area contributed by atoms with Crippen LogP contribution >= 0.6 is 22.7 Å². The molecule has 2 N–H and O–H groups in total. The first-order valence-electron chi connectivity index (χ1n) is 14.8. The summed E-state index contributed by atoms with van der Waals surface area (Å²) in [4.78, 5) is 25.8. The van der Waals surface area contributed by atoms with E-state index >= 15 is 0 Å². The van der Waals surface area contributed by atoms with Crippen LogP contribution in [0.15, 0.2) is 42.5 Å². The molecule has 3 aromatic heterocycles. The molecule has 0 saturated heterocycles. The van der Waals surface area contributed by atoms with Gasteiger partial charge in [-0.05, 0) is 77.0 Å². The summed E-state index contributed by atoms with van der Waals surface area (Å²) in [5.74, 6) is 5.81. The fourth-order valence-electron chi connectivity index (χ4n) is 5.11. The molecule has 1 aliphatic heterocycles. The van der Waals surface area contributed by atoms with Crippen LogP contribution < -0.4 is 15.0 Å². The maximum atomic E-state index is 14.6. The molecule has 10 nitrogen and oxygen atoms in total. The second-order valence-electron chi connectivity index (χ2n) is 11.1. The summed E-state index contributed by atoms with van der Waals surface area (Å²) in [5.41, 5.74) is 3.53. The van der Waals surface area contributed by atoms with E-state index in [4.69, 9.17) is 4.74 Å². The van der Waals surface area contributed by atoms with Gasteiger partial charge in [0.05, 0.1) is 23.4 Å². The predicted octanol–water partition coefficient (Wildman–Crippen LogP) is 6.44. The quantitative estimate of drug-likeness (QED) is 0.128. The third kappa shape index (κ3) is 6.94. The van der Waals surface area contributed by atoms with Crippen molar-refractivity contribution < 1.29 is 19.0 Å². The summed E-state index contributed by atoms with van der Waals surface area (Å²) in [5, 5.41) is 23.6. The minimum absolute atomic E-state index is 0.0118. The Morgan fingerprint density at radius 3 is 2.80 bits per heavy atom. The van der Waals surface area contributed by atoms with Crippen LogP contribution in [0.4, 0.5) is 26.3 Å². The number of nitrogens with zero attached hydrogens (tertiary/aromatic N) is 6. The van der Waals surface area contributed by atoms with Crippen molar-refractivity contribution in [3.8, 4) is 17.6 Å². The highest BCUT2D eigenvalue weighted by Crippen LogP contribution is 2.39. The minimum Gasteiger partial charge on any atom is -0.491 e. The van der Waals surface area contributed by atoms with Gasteiger partial charge in [-0.15, -0.1) is 21.5 Å². The molecular formula is C33H32FN7O3S2. The number of rotatable bonds is 10. The third-order valence-corrected chi connectivity index (χ3v) is 9.48. The highest BCUT2D eigenvalue weighted by Gasteiger charge is 2.28. The molecule has 2 aromatic carbocycles. The monoisotopic (exact) mass is 657 g/mol. The molecule has 4 heterocycles. The molecule has 0 unspecified atom stereocenters. The predicted molar refractivity (Wildman–Crippen MR) is 180 cm³/mol. The molecule has 0 amide bonds. The molecule has 0 aliphatic carbocycles. The molecule has 0 bridgehead atoms. The van der Waals surface area contributed by atoms with Crippen LogP contribution in [0.3, 0.4) is 0 Å². The van der Waals surface area contributed by atoms with Gasteiger partial charge in [-0.2, -0.15) is 0 Å². The Bertz CT molecular complexity index is 1930. The fourth-order valence-corrected chi connectivity index (χ4v) is 7.10. The summed E-state index contributed by atoms with van der Waals surface area (Å²) in [6.45, 7) is 3.46. The third-order valence-electron chi connectivity index (χ3n) is 7.39. The number of fused-ring (bicyclic) bond motifs is 2. The van der Waals surface area contributed by atoms with Crippen LogP contribution in [0.1, 0.15) is 44.9 Å². The lowest BCUT2D eigenvalue weighted by molar-refractivity contribution is 0.0690. The standard InChI is InChI=1S/C33H32FN7O3S2/c1-20-22-10-7-17-41(30(22)39-38-29(20)37-32-35-24-11-4-5-12-26(24)45-32)33-36-28(31(42)43)27(46-33)13-8-18-44-25-15-14-21(19-23(25)34)9-6-16-40(2)3/h4-5,11-12,14-15,19H,7-8,10,13,16-18H2,1-3H3,(H,42,43)(H,35,37,38). The maximum absolute atomic E-state index is 14.6. The molecule has 46 heavy (non-hydrogen) atoms. The van der Waals surface area contributed by atoms with Gasteiger partial charge in [0.25, 0.3) is 0 Å². The average Bonchev–Trinajstić information content (AvgIpc) is 3.65. The zero-order chi connectivity index (χ0) is 32.2. The van der Waals surface area contributed by atoms with Crippen LogP contribution in [-0.2, 0) is 12.8 Å². The van der Waals surface area contributed by atoms with Gasteiger partial charge in [0.1, 0.15) is 0 Å². The normalized spacial score (nSPS) is 12.6. The molecular weight excluding hydrogens is 626 g/mol. The molecule has 13 heteroatoms. The van der Waals surface area contributed by atoms with Crippen molar-refractivity contribution in [2.75, 3.05) is 44.0 Å². The van der Waals surface area contributed by atoms with Crippen LogP contribution in [-0.4, -0.2) is 69.9 Å². The largest absolute Gasteiger partial charge is 0.491 e. The molecule has 0 atom stereocenters. The number of carboxylic acid groups (broad SMARTS) is 1. The Hall–Kier alpha value is -4.64. The Morgan fingerprint density at radius 1 is 1.17 bits per heavy atom. The molecule has 0 saturated carbocycles. The highest BCUT2D eigenvalue weighted by atomic mass is 32.1. The number of para-hydroxylation sites is 1. The lowest BCUT2D eigenvalue weighted by Gasteiger charge is -2.28. The fraction of sp³-hybridized carbons (Fsp3) is 0.303. The number of thiazole rings is 2. The number of halogens is 1. The molecule has 6 rings (SSSR count). The molecule has 0 radical (unpaired) electrons. The van der Waals surface area contributed by atoms with E-state index in [1.165, 1.54) is 17.4 Å². The number of aryl methyl sites for hydroxylation is 1. The van der Waals surface area contributed by atoms with Crippen LogP contribution in [0.5, 0.6) is 5.75 Å². The molecule has 5 aromatic rings. The number of hydrogen-bond donors (Lipinski definition) is 2. The van der Waals surface area contributed by atoms with Crippen molar-refractivity contribution in [3.05, 3.63) is 75.5 Å². The Labute approximate surface area is 273 Å². The van der Waals surface area contributed by atoms with Crippen molar-refractivity contribution in [1.29, 1.82) is 0 Å². The zero-order valence-electron chi connectivity index (χ0n) is 25.6. The number of ether oxygens (including phenoxy) is 1. The van der Waals surface area contributed by atoms with Crippen LogP contribution in [0.25, 0.3) is 10.2 Å². The molecule has 236 valence electrons. The lowest BCUT2D eigenvalue weighted by atomic mass is 10.0. The minimum atomic E-state index is -1.09. The summed E-state index contributed by atoms with van der Waals surface area (Å²) in [6, 6.07) is 12.6. The Balaban J connectivity index is 1.13. The molecule has 0 spiro atoms. The second kappa shape index (κ2) is 13.8. The number of anilines is 4. The lowest BCUT2D eigenvalue weighted by Crippen LogP contribution is -2.27. The van der Waals surface area contributed by atoms with Gasteiger partial charge >= 0.3 is 5.97 Å². The average molecular weight is 658 g/mol. The number of nitrogens with one attached hydrogen (secondary N) is 1. The van der Waals surface area contributed by atoms with Gasteiger partial charge in [0.2, 0.25) is 0 Å². The zero-order valence-corrected chi connectivity index (χ0v) is 27.3. The smallest absolute Gasteiger partial charge is 0.355 e. The SMILES string of the molecule is Cc1c(Nc2nc3ccccc3s2)nnc2c1CCCN2c1nc(C(=O)O)c(CCCOc2ccc(C#CCN(C)C)cc2F)s1. The van der Waals surface area contributed by atoms with E-state index in [-0.39, 0.29) is 18.1 Å². The van der Waals surface area contributed by atoms with E-state index in [0.29, 0.717) is 53.1 Å². The van der Waals surface area contributed by atoms with Crippen LogP contribution in [0, 0.1) is 24.6 Å². The first kappa shape index (κ1) is 31.3. The van der Waals surface area contributed by atoms with E-state index in [2.05, 4.69) is 37.3 Å². The molecule has 0 fully saturated rings. The molecule has 1 aliphatic rings. The van der Waals surface area contributed by atoms with Gasteiger partial charge < -0.3 is 20.1 Å². The van der Waals surface area contributed by atoms with Gasteiger partial charge in [0, 0.05) is 28.1 Å². The van der Waals surface area contributed by atoms with Gasteiger partial charge in [0.15, 0.2) is 39.2 Å². The van der Waals surface area contributed by atoms with E-state index in [0.717, 1.165) is 39.3 Å². The number of aromatic carboxylic acids is 1. The van der Waals surface area contributed by atoms with E-state index in [1.807, 2.05) is 55.1 Å². The maximum Gasteiger partial charge on any atom is 0.355 e. The van der Waals surface area contributed by atoms with Gasteiger partial charge in [-0.3, -0.25) is 4.90 Å². The first-order valence-corrected chi connectivity index (χ1v) is 16.5.